The van der Waals surface area contributed by atoms with E-state index in [-0.39, 0.29) is 0 Å². The van der Waals surface area contributed by atoms with Gasteiger partial charge in [-0.05, 0) is 74.3 Å². The van der Waals surface area contributed by atoms with Crippen molar-refractivity contribution >= 4 is 0 Å². The molecule has 1 aliphatic rings. The first kappa shape index (κ1) is 22.1. The summed E-state index contributed by atoms with van der Waals surface area (Å²) < 4.78 is 0. The number of rotatable bonds is 12. The van der Waals surface area contributed by atoms with Gasteiger partial charge in [0.25, 0.3) is 0 Å². The Hall–Kier alpha value is -1.18. The van der Waals surface area contributed by atoms with Crippen molar-refractivity contribution in [3.05, 3.63) is 23.3 Å². The Morgan fingerprint density at radius 3 is 1.74 bits per heavy atom. The third-order valence-corrected chi connectivity index (χ3v) is 6.30. The first-order valence-corrected chi connectivity index (χ1v) is 11.2. The van der Waals surface area contributed by atoms with Crippen LogP contribution in [0.15, 0.2) is 12.1 Å². The Balaban J connectivity index is 1.76. The quantitative estimate of drug-likeness (QED) is 0.293. The minimum absolute atomic E-state index is 0.364. The van der Waals surface area contributed by atoms with Crippen molar-refractivity contribution in [1.29, 1.82) is 0 Å². The van der Waals surface area contributed by atoms with Gasteiger partial charge < -0.3 is 10.2 Å². The maximum Gasteiger partial charge on any atom is 0.119 e. The second kappa shape index (κ2) is 9.85. The summed E-state index contributed by atoms with van der Waals surface area (Å²) in [7, 11) is 0. The van der Waals surface area contributed by atoms with Gasteiger partial charge in [-0.3, -0.25) is 0 Å². The highest BCUT2D eigenvalue weighted by atomic mass is 16.3. The average molecular weight is 375 g/mol. The highest BCUT2D eigenvalue weighted by Crippen LogP contribution is 2.49. The van der Waals surface area contributed by atoms with Gasteiger partial charge in [-0.15, -0.1) is 0 Å². The number of aromatic hydroxyl groups is 2. The Bertz CT molecular complexity index is 579. The van der Waals surface area contributed by atoms with Crippen molar-refractivity contribution in [2.45, 2.75) is 111 Å². The van der Waals surface area contributed by atoms with Crippen LogP contribution in [0.5, 0.6) is 11.5 Å². The molecule has 0 heterocycles. The Labute approximate surface area is 167 Å². The van der Waals surface area contributed by atoms with Crippen LogP contribution in [0.1, 0.15) is 109 Å². The summed E-state index contributed by atoms with van der Waals surface area (Å²) in [5.74, 6) is 0.729. The second-order valence-corrected chi connectivity index (χ2v) is 10.4. The molecule has 0 atom stereocenters. The van der Waals surface area contributed by atoms with Crippen LogP contribution in [0.25, 0.3) is 0 Å². The van der Waals surface area contributed by atoms with Crippen LogP contribution in [0.3, 0.4) is 0 Å². The van der Waals surface area contributed by atoms with Gasteiger partial charge in [0.2, 0.25) is 0 Å². The zero-order valence-electron chi connectivity index (χ0n) is 18.2. The molecule has 1 fully saturated rings. The van der Waals surface area contributed by atoms with Gasteiger partial charge in [-0.2, -0.15) is 0 Å². The van der Waals surface area contributed by atoms with Crippen molar-refractivity contribution in [1.82, 2.24) is 0 Å². The summed E-state index contributed by atoms with van der Waals surface area (Å²) in [4.78, 5) is 0. The van der Waals surface area contributed by atoms with Crippen LogP contribution in [0.2, 0.25) is 0 Å². The third kappa shape index (κ3) is 8.15. The Morgan fingerprint density at radius 2 is 1.26 bits per heavy atom. The van der Waals surface area contributed by atoms with Gasteiger partial charge in [0, 0.05) is 11.1 Å². The summed E-state index contributed by atoms with van der Waals surface area (Å²) in [5, 5.41) is 20.7. The maximum absolute atomic E-state index is 10.3. The monoisotopic (exact) mass is 374 g/mol. The standard InChI is InChI=1S/C25H42O2/c1-24(2,3)16-10-6-5-8-12-20-21(23(27)15-14-22(20)26)13-9-7-11-17-25(4)18-19-25/h14-15,26-27H,5-13,16-19H2,1-4H3. The summed E-state index contributed by atoms with van der Waals surface area (Å²) in [6.45, 7) is 9.30. The van der Waals surface area contributed by atoms with Gasteiger partial charge in [-0.1, -0.05) is 59.8 Å². The van der Waals surface area contributed by atoms with E-state index in [0.29, 0.717) is 22.3 Å². The van der Waals surface area contributed by atoms with Crippen molar-refractivity contribution < 1.29 is 10.2 Å². The molecule has 0 aliphatic heterocycles. The van der Waals surface area contributed by atoms with E-state index in [1.54, 1.807) is 12.1 Å². The number of hydrogen-bond acceptors (Lipinski definition) is 2. The fourth-order valence-corrected chi connectivity index (χ4v) is 4.03. The highest BCUT2D eigenvalue weighted by molar-refractivity contribution is 5.47. The normalized spacial score (nSPS) is 15.9. The first-order valence-electron chi connectivity index (χ1n) is 11.2. The molecule has 0 amide bonds. The molecule has 1 saturated carbocycles. The first-order chi connectivity index (χ1) is 12.7. The average Bonchev–Trinajstić information content (AvgIpc) is 3.31. The Kier molecular flexibility index (Phi) is 8.06. The fraction of sp³-hybridized carbons (Fsp3) is 0.760. The molecule has 1 aliphatic carbocycles. The van der Waals surface area contributed by atoms with Crippen LogP contribution in [0.4, 0.5) is 0 Å². The lowest BCUT2D eigenvalue weighted by Crippen LogP contribution is -2.04. The van der Waals surface area contributed by atoms with Crippen LogP contribution in [-0.2, 0) is 12.8 Å². The minimum atomic E-state index is 0.364. The van der Waals surface area contributed by atoms with E-state index >= 15 is 0 Å². The third-order valence-electron chi connectivity index (χ3n) is 6.30. The predicted molar refractivity (Wildman–Crippen MR) is 116 cm³/mol. The molecule has 2 N–H and O–H groups in total. The zero-order chi connectivity index (χ0) is 19.9. The van der Waals surface area contributed by atoms with Gasteiger partial charge in [-0.25, -0.2) is 0 Å². The molecule has 0 spiro atoms. The van der Waals surface area contributed by atoms with Gasteiger partial charge in [0.1, 0.15) is 11.5 Å². The lowest BCUT2D eigenvalue weighted by molar-refractivity contribution is 0.357. The number of phenols is 2. The smallest absolute Gasteiger partial charge is 0.119 e. The summed E-state index contributed by atoms with van der Waals surface area (Å²) in [5.41, 5.74) is 3.04. The van der Waals surface area contributed by atoms with Crippen molar-refractivity contribution in [3.8, 4) is 11.5 Å². The zero-order valence-corrected chi connectivity index (χ0v) is 18.2. The maximum atomic E-state index is 10.3. The number of unbranched alkanes of at least 4 members (excludes halogenated alkanes) is 5. The topological polar surface area (TPSA) is 40.5 Å². The molecule has 154 valence electrons. The molecule has 2 rings (SSSR count). The molecule has 1 aromatic carbocycles. The predicted octanol–water partition coefficient (Wildman–Crippen LogP) is 7.54. The molecule has 0 radical (unpaired) electrons. The molecule has 1 aromatic rings. The Morgan fingerprint density at radius 1 is 0.778 bits per heavy atom. The molecule has 0 unspecified atom stereocenters. The molecule has 2 nitrogen and oxygen atoms in total. The van der Waals surface area contributed by atoms with Crippen LogP contribution < -0.4 is 0 Å². The lowest BCUT2D eigenvalue weighted by atomic mass is 9.89. The van der Waals surface area contributed by atoms with E-state index in [1.165, 1.54) is 57.8 Å². The second-order valence-electron chi connectivity index (χ2n) is 10.4. The summed E-state index contributed by atoms with van der Waals surface area (Å²) in [6, 6.07) is 3.31. The van der Waals surface area contributed by atoms with E-state index in [2.05, 4.69) is 27.7 Å². The molecule has 0 saturated heterocycles. The van der Waals surface area contributed by atoms with E-state index < -0.39 is 0 Å². The van der Waals surface area contributed by atoms with Gasteiger partial charge in [0.05, 0.1) is 0 Å². The SMILES string of the molecule is CC(C)(C)CCCCCCc1c(O)ccc(O)c1CCCCCC1(C)CC1. The molecule has 27 heavy (non-hydrogen) atoms. The van der Waals surface area contributed by atoms with Crippen LogP contribution in [0, 0.1) is 10.8 Å². The van der Waals surface area contributed by atoms with Crippen LogP contribution >= 0.6 is 0 Å². The molecule has 2 heteroatoms. The minimum Gasteiger partial charge on any atom is -0.508 e. The highest BCUT2D eigenvalue weighted by Gasteiger charge is 2.35. The molecular weight excluding hydrogens is 332 g/mol. The molecule has 0 aromatic heterocycles. The number of hydrogen-bond donors (Lipinski definition) is 2. The molecule has 0 bridgehead atoms. The summed E-state index contributed by atoms with van der Waals surface area (Å²) >= 11 is 0. The van der Waals surface area contributed by atoms with E-state index in [4.69, 9.17) is 0 Å². The molecular formula is C25H42O2. The van der Waals surface area contributed by atoms with Gasteiger partial charge >= 0.3 is 0 Å². The fourth-order valence-electron chi connectivity index (χ4n) is 4.03. The van der Waals surface area contributed by atoms with Crippen molar-refractivity contribution in [2.75, 3.05) is 0 Å². The largest absolute Gasteiger partial charge is 0.508 e. The van der Waals surface area contributed by atoms with Gasteiger partial charge in [0.15, 0.2) is 0 Å². The van der Waals surface area contributed by atoms with Crippen LogP contribution in [-0.4, -0.2) is 10.2 Å². The van der Waals surface area contributed by atoms with Crippen molar-refractivity contribution in [3.63, 3.8) is 0 Å². The van der Waals surface area contributed by atoms with Crippen molar-refractivity contribution in [2.24, 2.45) is 10.8 Å². The summed E-state index contributed by atoms with van der Waals surface area (Å²) in [6.07, 6.45) is 15.6. The van der Waals surface area contributed by atoms with E-state index in [9.17, 15) is 10.2 Å². The van der Waals surface area contributed by atoms with E-state index in [0.717, 1.165) is 36.8 Å². The lowest BCUT2D eigenvalue weighted by Gasteiger charge is -2.17. The number of benzene rings is 1. The number of phenolic OH excluding ortho intramolecular Hbond substituents is 2. The van der Waals surface area contributed by atoms with E-state index in [1.807, 2.05) is 0 Å².